The van der Waals surface area contributed by atoms with Crippen molar-refractivity contribution in [2.75, 3.05) is 0 Å². The van der Waals surface area contributed by atoms with Crippen LogP contribution >= 0.6 is 22.9 Å². The van der Waals surface area contributed by atoms with Crippen molar-refractivity contribution in [3.8, 4) is 0 Å². The standard InChI is InChI=1S/C11H14ClN3O3S2/c12-9-10(15-4-5-19-11(15)13-9)20(17,18)14-7-2-1-3-8(16)6-7/h4-5,7-8,14,16H,1-3,6H2. The molecule has 0 bridgehead atoms. The molecule has 2 aromatic rings. The van der Waals surface area contributed by atoms with Crippen LogP contribution in [0.15, 0.2) is 16.6 Å². The molecule has 0 saturated heterocycles. The number of hydrogen-bond acceptors (Lipinski definition) is 5. The first kappa shape index (κ1) is 14.3. The zero-order valence-electron chi connectivity index (χ0n) is 10.5. The summed E-state index contributed by atoms with van der Waals surface area (Å²) in [6, 6.07) is -0.260. The van der Waals surface area contributed by atoms with Gasteiger partial charge in [0.25, 0.3) is 10.0 Å². The molecule has 2 unspecified atom stereocenters. The third-order valence-electron chi connectivity index (χ3n) is 3.40. The first-order chi connectivity index (χ1) is 9.47. The SMILES string of the molecule is O=S(=O)(NC1CCCC(O)C1)c1c(Cl)nc2sccn12. The molecular weight excluding hydrogens is 322 g/mol. The van der Waals surface area contributed by atoms with E-state index in [1.54, 1.807) is 11.6 Å². The van der Waals surface area contributed by atoms with Gasteiger partial charge in [-0.2, -0.15) is 0 Å². The Balaban J connectivity index is 1.91. The Hall–Kier alpha value is -0.670. The van der Waals surface area contributed by atoms with Crippen LogP contribution in [0.25, 0.3) is 4.96 Å². The topological polar surface area (TPSA) is 83.7 Å². The molecule has 6 nitrogen and oxygen atoms in total. The number of nitrogens with one attached hydrogen (secondary N) is 1. The molecule has 1 saturated carbocycles. The first-order valence-corrected chi connectivity index (χ1v) is 9.03. The Morgan fingerprint density at radius 3 is 3.05 bits per heavy atom. The van der Waals surface area contributed by atoms with Gasteiger partial charge in [0.15, 0.2) is 15.1 Å². The fraction of sp³-hybridized carbons (Fsp3) is 0.545. The highest BCUT2D eigenvalue weighted by Gasteiger charge is 2.30. The Kier molecular flexibility index (Phi) is 3.76. The van der Waals surface area contributed by atoms with E-state index in [9.17, 15) is 13.5 Å². The first-order valence-electron chi connectivity index (χ1n) is 6.29. The van der Waals surface area contributed by atoms with Crippen molar-refractivity contribution in [3.05, 3.63) is 16.7 Å². The monoisotopic (exact) mass is 335 g/mol. The van der Waals surface area contributed by atoms with E-state index in [2.05, 4.69) is 9.71 Å². The minimum atomic E-state index is -3.75. The summed E-state index contributed by atoms with van der Waals surface area (Å²) < 4.78 is 29.0. The van der Waals surface area contributed by atoms with Crippen LogP contribution in [-0.2, 0) is 10.0 Å². The van der Waals surface area contributed by atoms with Gasteiger partial charge in [-0.1, -0.05) is 11.6 Å². The van der Waals surface area contributed by atoms with Crippen LogP contribution in [0.2, 0.25) is 5.15 Å². The molecule has 0 aromatic carbocycles. The van der Waals surface area contributed by atoms with Crippen LogP contribution in [0.4, 0.5) is 0 Å². The Morgan fingerprint density at radius 2 is 2.30 bits per heavy atom. The molecule has 110 valence electrons. The van der Waals surface area contributed by atoms with Gasteiger partial charge in [0.2, 0.25) is 0 Å². The molecule has 2 heterocycles. The third-order valence-corrected chi connectivity index (χ3v) is 6.08. The van der Waals surface area contributed by atoms with Gasteiger partial charge in [0.05, 0.1) is 6.10 Å². The Bertz CT molecular complexity index is 724. The summed E-state index contributed by atoms with van der Waals surface area (Å²) in [5.41, 5.74) is 0. The molecule has 2 atom stereocenters. The summed E-state index contributed by atoms with van der Waals surface area (Å²) in [5.74, 6) is 0. The predicted octanol–water partition coefficient (Wildman–Crippen LogP) is 1.63. The van der Waals surface area contributed by atoms with Gasteiger partial charge in [-0.05, 0) is 25.7 Å². The van der Waals surface area contributed by atoms with Crippen molar-refractivity contribution in [2.24, 2.45) is 0 Å². The number of sulfonamides is 1. The second kappa shape index (κ2) is 5.27. The molecule has 0 radical (unpaired) electrons. The molecule has 2 aromatic heterocycles. The maximum Gasteiger partial charge on any atom is 0.260 e. The number of thiazole rings is 1. The van der Waals surface area contributed by atoms with E-state index in [1.807, 2.05) is 0 Å². The zero-order valence-corrected chi connectivity index (χ0v) is 12.9. The second-order valence-electron chi connectivity index (χ2n) is 4.90. The number of aromatic nitrogens is 2. The van der Waals surface area contributed by atoms with Crippen LogP contribution in [0.1, 0.15) is 25.7 Å². The Labute approximate surface area is 125 Å². The summed E-state index contributed by atoms with van der Waals surface area (Å²) in [6.45, 7) is 0. The lowest BCUT2D eigenvalue weighted by atomic mass is 9.94. The molecule has 0 aliphatic heterocycles. The smallest absolute Gasteiger partial charge is 0.260 e. The van der Waals surface area contributed by atoms with E-state index in [0.29, 0.717) is 11.4 Å². The molecule has 1 aliphatic carbocycles. The van der Waals surface area contributed by atoms with Crippen LogP contribution in [0, 0.1) is 0 Å². The van der Waals surface area contributed by atoms with Gasteiger partial charge in [-0.3, -0.25) is 4.40 Å². The lowest BCUT2D eigenvalue weighted by Gasteiger charge is -2.26. The molecule has 0 spiro atoms. The average molecular weight is 336 g/mol. The van der Waals surface area contributed by atoms with Gasteiger partial charge in [-0.25, -0.2) is 18.1 Å². The zero-order chi connectivity index (χ0) is 14.3. The molecule has 3 rings (SSSR count). The number of nitrogens with zero attached hydrogens (tertiary/aromatic N) is 2. The highest BCUT2D eigenvalue weighted by molar-refractivity contribution is 7.89. The van der Waals surface area contributed by atoms with Crippen molar-refractivity contribution >= 4 is 37.9 Å². The Morgan fingerprint density at radius 1 is 1.50 bits per heavy atom. The number of aliphatic hydroxyl groups excluding tert-OH is 1. The summed E-state index contributed by atoms with van der Waals surface area (Å²) >= 11 is 7.27. The van der Waals surface area contributed by atoms with Crippen molar-refractivity contribution in [3.63, 3.8) is 0 Å². The molecule has 1 aliphatic rings. The number of hydrogen-bond donors (Lipinski definition) is 2. The number of aliphatic hydroxyl groups is 1. The van der Waals surface area contributed by atoms with E-state index in [0.717, 1.165) is 19.3 Å². The van der Waals surface area contributed by atoms with E-state index in [1.165, 1.54) is 15.7 Å². The maximum atomic E-state index is 12.5. The minimum Gasteiger partial charge on any atom is -0.393 e. The number of imidazole rings is 1. The van der Waals surface area contributed by atoms with Crippen LogP contribution in [0.5, 0.6) is 0 Å². The van der Waals surface area contributed by atoms with Gasteiger partial charge in [-0.15, -0.1) is 11.3 Å². The molecule has 0 amide bonds. The quantitative estimate of drug-likeness (QED) is 0.893. The molecular formula is C11H14ClN3O3S2. The summed E-state index contributed by atoms with van der Waals surface area (Å²) in [4.78, 5) is 4.57. The van der Waals surface area contributed by atoms with Crippen molar-refractivity contribution in [2.45, 2.75) is 42.9 Å². The highest BCUT2D eigenvalue weighted by atomic mass is 35.5. The summed E-state index contributed by atoms with van der Waals surface area (Å²) in [6.07, 6.45) is 3.87. The summed E-state index contributed by atoms with van der Waals surface area (Å²) in [5, 5.41) is 11.3. The van der Waals surface area contributed by atoms with Crippen molar-refractivity contribution in [1.82, 2.24) is 14.1 Å². The van der Waals surface area contributed by atoms with E-state index < -0.39 is 16.1 Å². The van der Waals surface area contributed by atoms with Gasteiger partial charge in [0, 0.05) is 17.6 Å². The minimum absolute atomic E-state index is 0.0271. The maximum absolute atomic E-state index is 12.5. The number of halogens is 1. The highest BCUT2D eigenvalue weighted by Crippen LogP contribution is 2.27. The van der Waals surface area contributed by atoms with Crippen molar-refractivity contribution in [1.29, 1.82) is 0 Å². The van der Waals surface area contributed by atoms with E-state index in [-0.39, 0.29) is 16.2 Å². The van der Waals surface area contributed by atoms with Gasteiger partial charge in [0.1, 0.15) is 0 Å². The van der Waals surface area contributed by atoms with Gasteiger partial charge >= 0.3 is 0 Å². The molecule has 20 heavy (non-hydrogen) atoms. The van der Waals surface area contributed by atoms with E-state index >= 15 is 0 Å². The third kappa shape index (κ3) is 2.58. The molecule has 9 heteroatoms. The fourth-order valence-corrected chi connectivity index (χ4v) is 5.26. The van der Waals surface area contributed by atoms with E-state index in [4.69, 9.17) is 11.6 Å². The predicted molar refractivity (Wildman–Crippen MR) is 76.7 cm³/mol. The lowest BCUT2D eigenvalue weighted by molar-refractivity contribution is 0.117. The second-order valence-corrected chi connectivity index (χ2v) is 7.76. The van der Waals surface area contributed by atoms with Gasteiger partial charge < -0.3 is 5.11 Å². The van der Waals surface area contributed by atoms with Crippen LogP contribution in [0.3, 0.4) is 0 Å². The van der Waals surface area contributed by atoms with Crippen LogP contribution < -0.4 is 4.72 Å². The van der Waals surface area contributed by atoms with Crippen molar-refractivity contribution < 1.29 is 13.5 Å². The average Bonchev–Trinajstić information content (AvgIpc) is 2.87. The number of rotatable bonds is 3. The van der Waals surface area contributed by atoms with Crippen LogP contribution in [-0.4, -0.2) is 35.1 Å². The molecule has 1 fully saturated rings. The normalized spacial score (nSPS) is 24.3. The lowest BCUT2D eigenvalue weighted by Crippen LogP contribution is -2.40. The summed E-state index contributed by atoms with van der Waals surface area (Å²) in [7, 11) is -3.75. The largest absolute Gasteiger partial charge is 0.393 e. The number of fused-ring (bicyclic) bond motifs is 1. The molecule has 2 N–H and O–H groups in total. The fourth-order valence-electron chi connectivity index (χ4n) is 2.53.